The van der Waals surface area contributed by atoms with Crippen LogP contribution in [0.1, 0.15) is 21.5 Å². The van der Waals surface area contributed by atoms with E-state index in [1.54, 1.807) is 6.07 Å². The van der Waals surface area contributed by atoms with Gasteiger partial charge in [0.25, 0.3) is 15.9 Å². The Morgan fingerprint density at radius 1 is 1.12 bits per heavy atom. The van der Waals surface area contributed by atoms with Crippen molar-refractivity contribution in [1.82, 2.24) is 14.7 Å². The summed E-state index contributed by atoms with van der Waals surface area (Å²) < 4.78 is 72.6. The lowest BCUT2D eigenvalue weighted by Gasteiger charge is -2.15. The lowest BCUT2D eigenvalue weighted by atomic mass is 10.1. The topological polar surface area (TPSA) is 101 Å². The Labute approximate surface area is 200 Å². The number of sulfonamides is 1. The van der Waals surface area contributed by atoms with Crippen LogP contribution in [0.25, 0.3) is 10.1 Å². The van der Waals surface area contributed by atoms with Crippen LogP contribution in [0.5, 0.6) is 0 Å². The van der Waals surface area contributed by atoms with Gasteiger partial charge < -0.3 is 5.32 Å². The van der Waals surface area contributed by atoms with Crippen LogP contribution >= 0.6 is 23.1 Å². The standard InChI is InChI=1S/C21H14ClF3N4O3S2/c22-13-5-6-14(19(30)27-10-12-3-1-2-4-16(12)21(23,24)25)17(9-13)29-34(31,32)20-15-11-28-33-18(15)7-8-26-20/h1-9,11,29H,10H2,(H,27,30). The fourth-order valence-electron chi connectivity index (χ4n) is 3.20. The number of fused-ring (bicyclic) bond motifs is 1. The maximum Gasteiger partial charge on any atom is 0.416 e. The lowest BCUT2D eigenvalue weighted by molar-refractivity contribution is -0.138. The second-order valence-corrected chi connectivity index (χ2v) is 9.85. The van der Waals surface area contributed by atoms with Crippen LogP contribution in [-0.4, -0.2) is 23.7 Å². The quantitative estimate of drug-likeness (QED) is 0.364. The summed E-state index contributed by atoms with van der Waals surface area (Å²) in [6.45, 7) is -0.426. The van der Waals surface area contributed by atoms with Gasteiger partial charge in [0, 0.05) is 17.8 Å². The number of alkyl halides is 3. The Hall–Kier alpha value is -3.22. The molecule has 1 amide bonds. The number of rotatable bonds is 6. The number of pyridine rings is 1. The predicted octanol–water partition coefficient (Wildman–Crippen LogP) is 5.09. The van der Waals surface area contributed by atoms with Crippen molar-refractivity contribution in [2.75, 3.05) is 4.72 Å². The van der Waals surface area contributed by atoms with Gasteiger partial charge in [-0.05, 0) is 47.4 Å². The number of halogens is 4. The van der Waals surface area contributed by atoms with Crippen molar-refractivity contribution in [3.05, 3.63) is 82.6 Å². The van der Waals surface area contributed by atoms with Crippen LogP contribution < -0.4 is 10.0 Å². The molecule has 2 N–H and O–H groups in total. The minimum absolute atomic E-state index is 0.131. The zero-order valence-electron chi connectivity index (χ0n) is 16.9. The molecule has 0 aliphatic heterocycles. The highest BCUT2D eigenvalue weighted by atomic mass is 35.5. The molecule has 0 bridgehead atoms. The molecule has 34 heavy (non-hydrogen) atoms. The molecule has 13 heteroatoms. The van der Waals surface area contributed by atoms with Crippen LogP contribution in [0.2, 0.25) is 5.02 Å². The van der Waals surface area contributed by atoms with Gasteiger partial charge in [0.05, 0.1) is 33.1 Å². The number of carbonyl (C=O) groups is 1. The van der Waals surface area contributed by atoms with E-state index < -0.39 is 34.2 Å². The number of nitrogens with zero attached hydrogens (tertiary/aromatic N) is 2. The fraction of sp³-hybridized carbons (Fsp3) is 0.0952. The summed E-state index contributed by atoms with van der Waals surface area (Å²) >= 11 is 7.10. The van der Waals surface area contributed by atoms with E-state index in [2.05, 4.69) is 19.4 Å². The van der Waals surface area contributed by atoms with Crippen molar-refractivity contribution in [2.24, 2.45) is 0 Å². The third kappa shape index (κ3) is 4.98. The summed E-state index contributed by atoms with van der Waals surface area (Å²) in [5.74, 6) is -0.797. The second kappa shape index (κ2) is 9.20. The lowest BCUT2D eigenvalue weighted by Crippen LogP contribution is -2.26. The van der Waals surface area contributed by atoms with Crippen molar-refractivity contribution >= 4 is 54.8 Å². The molecule has 2 heterocycles. The molecule has 4 rings (SSSR count). The van der Waals surface area contributed by atoms with E-state index in [-0.39, 0.29) is 26.9 Å². The van der Waals surface area contributed by atoms with Gasteiger partial charge in [-0.15, -0.1) is 0 Å². The van der Waals surface area contributed by atoms with Gasteiger partial charge >= 0.3 is 6.18 Å². The van der Waals surface area contributed by atoms with E-state index in [4.69, 9.17) is 11.6 Å². The highest BCUT2D eigenvalue weighted by molar-refractivity contribution is 7.92. The first kappa shape index (κ1) is 23.9. The third-order valence-corrected chi connectivity index (χ3v) is 7.06. The summed E-state index contributed by atoms with van der Waals surface area (Å²) in [4.78, 5) is 16.7. The average molecular weight is 527 g/mol. The summed E-state index contributed by atoms with van der Waals surface area (Å²) in [5.41, 5.74) is -1.31. The van der Waals surface area contributed by atoms with Crippen molar-refractivity contribution in [3.63, 3.8) is 0 Å². The maximum absolute atomic E-state index is 13.2. The van der Waals surface area contributed by atoms with Crippen LogP contribution in [0, 0.1) is 0 Å². The molecule has 0 radical (unpaired) electrons. The van der Waals surface area contributed by atoms with E-state index in [1.807, 2.05) is 0 Å². The van der Waals surface area contributed by atoms with E-state index in [1.165, 1.54) is 48.8 Å². The first-order chi connectivity index (χ1) is 16.1. The Morgan fingerprint density at radius 2 is 1.88 bits per heavy atom. The second-order valence-electron chi connectivity index (χ2n) is 6.99. The van der Waals surface area contributed by atoms with E-state index >= 15 is 0 Å². The highest BCUT2D eigenvalue weighted by Crippen LogP contribution is 2.32. The largest absolute Gasteiger partial charge is 0.416 e. The van der Waals surface area contributed by atoms with Gasteiger partial charge in [-0.1, -0.05) is 29.8 Å². The number of amides is 1. The van der Waals surface area contributed by atoms with Crippen molar-refractivity contribution in [3.8, 4) is 0 Å². The number of hydrogen-bond donors (Lipinski definition) is 2. The fourth-order valence-corrected chi connectivity index (χ4v) is 5.28. The van der Waals surface area contributed by atoms with Gasteiger partial charge in [0.2, 0.25) is 0 Å². The van der Waals surface area contributed by atoms with E-state index in [9.17, 15) is 26.4 Å². The molecule has 4 aromatic rings. The van der Waals surface area contributed by atoms with Crippen LogP contribution in [0.4, 0.5) is 18.9 Å². The van der Waals surface area contributed by atoms with Crippen LogP contribution in [0.15, 0.2) is 66.0 Å². The van der Waals surface area contributed by atoms with E-state index in [0.717, 1.165) is 17.6 Å². The number of benzene rings is 2. The molecular weight excluding hydrogens is 513 g/mol. The van der Waals surface area contributed by atoms with Crippen LogP contribution in [-0.2, 0) is 22.7 Å². The Balaban J connectivity index is 1.62. The molecule has 0 spiro atoms. The molecule has 0 atom stereocenters. The SMILES string of the molecule is O=C(NCc1ccccc1C(F)(F)F)c1ccc(Cl)cc1NS(=O)(=O)c1nccc2sncc12. The van der Waals surface area contributed by atoms with Crippen molar-refractivity contribution < 1.29 is 26.4 Å². The molecule has 0 aliphatic rings. The molecular formula is C21H14ClF3N4O3S2. The monoisotopic (exact) mass is 526 g/mol. The Bertz CT molecular complexity index is 1490. The summed E-state index contributed by atoms with van der Waals surface area (Å²) in [5, 5.41) is 2.55. The van der Waals surface area contributed by atoms with Gasteiger partial charge in [-0.3, -0.25) is 9.52 Å². The zero-order valence-corrected chi connectivity index (χ0v) is 19.3. The molecule has 0 aliphatic carbocycles. The number of anilines is 1. The molecule has 176 valence electrons. The average Bonchev–Trinajstić information content (AvgIpc) is 3.26. The third-order valence-electron chi connectivity index (χ3n) is 4.73. The van der Waals surface area contributed by atoms with Gasteiger partial charge in [0.1, 0.15) is 0 Å². The molecule has 0 fully saturated rings. The summed E-state index contributed by atoms with van der Waals surface area (Å²) in [6.07, 6.45) is -1.91. The van der Waals surface area contributed by atoms with Gasteiger partial charge in [-0.25, -0.2) is 4.98 Å². The highest BCUT2D eigenvalue weighted by Gasteiger charge is 2.33. The summed E-state index contributed by atoms with van der Waals surface area (Å²) in [7, 11) is -4.26. The van der Waals surface area contributed by atoms with E-state index in [0.29, 0.717) is 10.1 Å². The first-order valence-electron chi connectivity index (χ1n) is 9.51. The van der Waals surface area contributed by atoms with Gasteiger partial charge in [-0.2, -0.15) is 26.0 Å². The minimum Gasteiger partial charge on any atom is -0.348 e. The first-order valence-corrected chi connectivity index (χ1v) is 12.1. The molecule has 7 nitrogen and oxygen atoms in total. The smallest absolute Gasteiger partial charge is 0.348 e. The maximum atomic E-state index is 13.2. The molecule has 0 saturated heterocycles. The van der Waals surface area contributed by atoms with Gasteiger partial charge in [0.15, 0.2) is 5.03 Å². The Morgan fingerprint density at radius 3 is 2.65 bits per heavy atom. The molecule has 0 saturated carbocycles. The number of aromatic nitrogens is 2. The number of nitrogens with one attached hydrogen (secondary N) is 2. The normalized spacial score (nSPS) is 12.0. The predicted molar refractivity (Wildman–Crippen MR) is 122 cm³/mol. The molecule has 2 aromatic carbocycles. The van der Waals surface area contributed by atoms with Crippen molar-refractivity contribution in [1.29, 1.82) is 0 Å². The number of hydrogen-bond acceptors (Lipinski definition) is 6. The minimum atomic E-state index is -4.59. The van der Waals surface area contributed by atoms with Crippen LogP contribution in [0.3, 0.4) is 0 Å². The molecule has 2 aromatic heterocycles. The summed E-state index contributed by atoms with van der Waals surface area (Å²) in [6, 6.07) is 10.3. The Kier molecular flexibility index (Phi) is 6.47. The van der Waals surface area contributed by atoms with Crippen molar-refractivity contribution in [2.45, 2.75) is 17.7 Å². The molecule has 0 unspecified atom stereocenters. The zero-order chi connectivity index (χ0) is 24.5. The number of carbonyl (C=O) groups excluding carboxylic acids is 1.